The Kier molecular flexibility index (Phi) is 6.27. The minimum Gasteiger partial charge on any atom is -0.394 e. The minimum atomic E-state index is -0.576. The maximum atomic E-state index is 12.6. The summed E-state index contributed by atoms with van der Waals surface area (Å²) in [5.41, 5.74) is -0.576. The molecule has 0 bridgehead atoms. The van der Waals surface area contributed by atoms with Gasteiger partial charge in [0.1, 0.15) is 5.82 Å². The lowest BCUT2D eigenvalue weighted by molar-refractivity contribution is 0.1000. The van der Waals surface area contributed by atoms with Crippen molar-refractivity contribution in [3.63, 3.8) is 0 Å². The van der Waals surface area contributed by atoms with Crippen molar-refractivity contribution in [2.75, 3.05) is 6.61 Å². The Morgan fingerprint density at radius 3 is 2.58 bits per heavy atom. The van der Waals surface area contributed by atoms with Gasteiger partial charge in [-0.2, -0.15) is 0 Å². The van der Waals surface area contributed by atoms with Crippen molar-refractivity contribution in [2.24, 2.45) is 18.9 Å². The quantitative estimate of drug-likeness (QED) is 0.747. The van der Waals surface area contributed by atoms with E-state index in [1.807, 2.05) is 24.7 Å². The van der Waals surface area contributed by atoms with Gasteiger partial charge in [-0.25, -0.2) is 9.78 Å². The van der Waals surface area contributed by atoms with E-state index in [0.29, 0.717) is 5.92 Å². The number of rotatable bonds is 6. The number of carbonyl (C=O) groups excluding carboxylic acids is 1. The molecule has 2 rings (SSSR count). The average molecular weight is 336 g/mol. The zero-order valence-corrected chi connectivity index (χ0v) is 15.4. The number of aliphatic hydroxyl groups is 1. The lowest BCUT2D eigenvalue weighted by atomic mass is 9.76. The largest absolute Gasteiger partial charge is 0.394 e. The molecule has 1 fully saturated rings. The van der Waals surface area contributed by atoms with Crippen molar-refractivity contribution in [1.82, 2.24) is 20.2 Å². The number of hydrogen-bond donors (Lipinski definition) is 3. The molecule has 1 aromatic rings. The van der Waals surface area contributed by atoms with E-state index in [2.05, 4.69) is 29.5 Å². The smallest absolute Gasteiger partial charge is 0.315 e. The Hall–Kier alpha value is -1.56. The van der Waals surface area contributed by atoms with Gasteiger partial charge in [-0.05, 0) is 31.6 Å². The average Bonchev–Trinajstić information content (AvgIpc) is 2.98. The molecule has 0 aliphatic heterocycles. The van der Waals surface area contributed by atoms with Crippen LogP contribution < -0.4 is 10.6 Å². The number of aryl methyl sites for hydroxylation is 1. The van der Waals surface area contributed by atoms with Gasteiger partial charge in [-0.3, -0.25) is 0 Å². The van der Waals surface area contributed by atoms with E-state index in [9.17, 15) is 9.90 Å². The Labute approximate surface area is 145 Å². The molecule has 136 valence electrons. The Morgan fingerprint density at radius 1 is 1.42 bits per heavy atom. The number of imidazole rings is 1. The van der Waals surface area contributed by atoms with Crippen LogP contribution in [0.4, 0.5) is 4.79 Å². The van der Waals surface area contributed by atoms with Crippen molar-refractivity contribution < 1.29 is 9.90 Å². The van der Waals surface area contributed by atoms with Gasteiger partial charge in [0.15, 0.2) is 0 Å². The van der Waals surface area contributed by atoms with Gasteiger partial charge in [0.05, 0.1) is 18.2 Å². The first-order valence-electron chi connectivity index (χ1n) is 9.04. The van der Waals surface area contributed by atoms with Crippen LogP contribution >= 0.6 is 0 Å². The number of nitrogens with zero attached hydrogens (tertiary/aromatic N) is 2. The summed E-state index contributed by atoms with van der Waals surface area (Å²) in [5.74, 6) is 1.38. The molecule has 2 amide bonds. The number of urea groups is 1. The second-order valence-corrected chi connectivity index (χ2v) is 7.63. The Morgan fingerprint density at radius 2 is 2.08 bits per heavy atom. The molecule has 1 aromatic heterocycles. The van der Waals surface area contributed by atoms with Gasteiger partial charge in [0, 0.05) is 19.4 Å². The third-order valence-electron chi connectivity index (χ3n) is 5.32. The van der Waals surface area contributed by atoms with Crippen LogP contribution in [-0.2, 0) is 7.05 Å². The summed E-state index contributed by atoms with van der Waals surface area (Å²) < 4.78 is 1.93. The van der Waals surface area contributed by atoms with Crippen LogP contribution in [0.2, 0.25) is 0 Å². The lowest BCUT2D eigenvalue weighted by Crippen LogP contribution is -2.58. The Balaban J connectivity index is 2.05. The van der Waals surface area contributed by atoms with Crippen molar-refractivity contribution in [3.05, 3.63) is 18.2 Å². The SMILES string of the molecule is CC(C)C(NC(=O)NC(C)(CO)C1CCCCC1)c1nccn1C. The molecule has 0 radical (unpaired) electrons. The monoisotopic (exact) mass is 336 g/mol. The summed E-state index contributed by atoms with van der Waals surface area (Å²) in [6, 6.07) is -0.405. The standard InChI is InChI=1S/C18H32N4O2/c1-13(2)15(16-19-10-11-22(16)4)20-17(24)21-18(3,12-23)14-8-6-5-7-9-14/h10-11,13-15,23H,5-9,12H2,1-4H3,(H2,20,21,24). The van der Waals surface area contributed by atoms with Gasteiger partial charge in [-0.15, -0.1) is 0 Å². The molecular formula is C18H32N4O2. The van der Waals surface area contributed by atoms with Gasteiger partial charge < -0.3 is 20.3 Å². The maximum absolute atomic E-state index is 12.6. The summed E-state index contributed by atoms with van der Waals surface area (Å²) in [7, 11) is 1.93. The molecule has 24 heavy (non-hydrogen) atoms. The number of aromatic nitrogens is 2. The molecule has 3 N–H and O–H groups in total. The van der Waals surface area contributed by atoms with E-state index in [4.69, 9.17) is 0 Å². The van der Waals surface area contributed by atoms with Gasteiger partial charge in [-0.1, -0.05) is 33.1 Å². The van der Waals surface area contributed by atoms with Crippen molar-refractivity contribution in [3.8, 4) is 0 Å². The summed E-state index contributed by atoms with van der Waals surface area (Å²) in [6.07, 6.45) is 9.33. The number of aliphatic hydroxyl groups excluding tert-OH is 1. The number of carbonyl (C=O) groups is 1. The van der Waals surface area contributed by atoms with Crippen LogP contribution in [0.15, 0.2) is 12.4 Å². The van der Waals surface area contributed by atoms with Crippen LogP contribution in [0, 0.1) is 11.8 Å². The normalized spacial score (nSPS) is 19.8. The molecule has 1 heterocycles. The second kappa shape index (κ2) is 8.01. The van der Waals surface area contributed by atoms with Crippen LogP contribution in [0.5, 0.6) is 0 Å². The molecule has 2 unspecified atom stereocenters. The van der Waals surface area contributed by atoms with Gasteiger partial charge in [0.25, 0.3) is 0 Å². The molecule has 0 spiro atoms. The first kappa shape index (κ1) is 18.8. The zero-order chi connectivity index (χ0) is 17.7. The first-order chi connectivity index (χ1) is 11.4. The predicted molar refractivity (Wildman–Crippen MR) is 94.5 cm³/mol. The molecule has 0 aromatic carbocycles. The first-order valence-corrected chi connectivity index (χ1v) is 9.04. The van der Waals surface area contributed by atoms with Crippen LogP contribution in [-0.4, -0.2) is 32.8 Å². The predicted octanol–water partition coefficient (Wildman–Crippen LogP) is 2.75. The van der Waals surface area contributed by atoms with Crippen LogP contribution in [0.25, 0.3) is 0 Å². The van der Waals surface area contributed by atoms with Crippen LogP contribution in [0.1, 0.15) is 64.7 Å². The van der Waals surface area contributed by atoms with E-state index < -0.39 is 5.54 Å². The summed E-state index contributed by atoms with van der Waals surface area (Å²) >= 11 is 0. The Bertz CT molecular complexity index is 537. The summed E-state index contributed by atoms with van der Waals surface area (Å²) in [5, 5.41) is 16.0. The molecule has 1 aliphatic carbocycles. The van der Waals surface area contributed by atoms with E-state index in [1.165, 1.54) is 19.3 Å². The molecule has 1 aliphatic rings. The van der Waals surface area contributed by atoms with Gasteiger partial charge >= 0.3 is 6.03 Å². The number of hydrogen-bond acceptors (Lipinski definition) is 3. The summed E-state index contributed by atoms with van der Waals surface area (Å²) in [4.78, 5) is 17.0. The van der Waals surface area contributed by atoms with E-state index >= 15 is 0 Å². The van der Waals surface area contributed by atoms with Crippen LogP contribution in [0.3, 0.4) is 0 Å². The lowest BCUT2D eigenvalue weighted by Gasteiger charge is -2.39. The highest BCUT2D eigenvalue weighted by molar-refractivity contribution is 5.75. The molecular weight excluding hydrogens is 304 g/mol. The van der Waals surface area contributed by atoms with E-state index in [1.54, 1.807) is 6.20 Å². The highest BCUT2D eigenvalue weighted by Gasteiger charge is 2.36. The van der Waals surface area contributed by atoms with Gasteiger partial charge in [0.2, 0.25) is 0 Å². The van der Waals surface area contributed by atoms with Crippen molar-refractivity contribution in [1.29, 1.82) is 0 Å². The fraction of sp³-hybridized carbons (Fsp3) is 0.778. The van der Waals surface area contributed by atoms with Crippen molar-refractivity contribution in [2.45, 2.75) is 64.5 Å². The zero-order valence-electron chi connectivity index (χ0n) is 15.4. The molecule has 6 heteroatoms. The fourth-order valence-corrected chi connectivity index (χ4v) is 3.65. The maximum Gasteiger partial charge on any atom is 0.315 e. The summed E-state index contributed by atoms with van der Waals surface area (Å²) in [6.45, 7) is 6.03. The van der Waals surface area contributed by atoms with E-state index in [-0.39, 0.29) is 24.6 Å². The molecule has 1 saturated carbocycles. The topological polar surface area (TPSA) is 79.2 Å². The molecule has 2 atom stereocenters. The second-order valence-electron chi connectivity index (χ2n) is 7.63. The fourth-order valence-electron chi connectivity index (χ4n) is 3.65. The third kappa shape index (κ3) is 4.29. The van der Waals surface area contributed by atoms with Crippen molar-refractivity contribution >= 4 is 6.03 Å². The number of amides is 2. The minimum absolute atomic E-state index is 0.0418. The highest BCUT2D eigenvalue weighted by Crippen LogP contribution is 2.32. The van der Waals surface area contributed by atoms with E-state index in [0.717, 1.165) is 18.7 Å². The third-order valence-corrected chi connectivity index (χ3v) is 5.32. The molecule has 0 saturated heterocycles. The highest BCUT2D eigenvalue weighted by atomic mass is 16.3. The number of nitrogens with one attached hydrogen (secondary N) is 2. The molecule has 6 nitrogen and oxygen atoms in total.